The first kappa shape index (κ1) is 37.9. The van der Waals surface area contributed by atoms with Crippen molar-refractivity contribution in [3.8, 4) is 11.5 Å². The molecule has 2 aromatic carbocycles. The number of para-hydroxylation sites is 2. The molecule has 0 aliphatic rings. The van der Waals surface area contributed by atoms with E-state index in [1.807, 2.05) is 58.0 Å². The molecule has 2 aromatic rings. The van der Waals surface area contributed by atoms with Gasteiger partial charge in [0.1, 0.15) is 11.4 Å². The van der Waals surface area contributed by atoms with Gasteiger partial charge in [-0.1, -0.05) is 165 Å². The number of benzene rings is 2. The van der Waals surface area contributed by atoms with Crippen molar-refractivity contribution in [1.82, 2.24) is 0 Å². The summed E-state index contributed by atoms with van der Waals surface area (Å²) in [5.41, 5.74) is 0. The molecule has 1 N–H and O–H groups in total. The molecule has 0 aliphatic heterocycles. The van der Waals surface area contributed by atoms with Crippen molar-refractivity contribution in [2.24, 2.45) is 0 Å². The number of hydrogen-bond donors (Lipinski definition) is 1. The molecule has 0 fully saturated rings. The normalized spacial score (nSPS) is 7.89. The van der Waals surface area contributed by atoms with Crippen LogP contribution in [0.15, 0.2) is 57.5 Å². The predicted molar refractivity (Wildman–Crippen MR) is 178 cm³/mol. The van der Waals surface area contributed by atoms with Crippen LogP contribution in [0.2, 0.25) is 0 Å². The Morgan fingerprint density at radius 2 is 1.14 bits per heavy atom. The van der Waals surface area contributed by atoms with Crippen molar-refractivity contribution in [3.63, 3.8) is 0 Å². The van der Waals surface area contributed by atoms with E-state index in [9.17, 15) is 0 Å². The van der Waals surface area contributed by atoms with Gasteiger partial charge < -0.3 is 9.84 Å². The van der Waals surface area contributed by atoms with E-state index in [-0.39, 0.29) is 5.75 Å². The van der Waals surface area contributed by atoms with Crippen molar-refractivity contribution in [1.29, 1.82) is 0 Å². The number of halogens is 7. The lowest BCUT2D eigenvalue weighted by molar-refractivity contribution is 0.412. The lowest BCUT2D eigenvalue weighted by Crippen LogP contribution is -1.81. The van der Waals surface area contributed by atoms with Gasteiger partial charge >= 0.3 is 0 Å². The smallest absolute Gasteiger partial charge is 0.133 e. The first-order chi connectivity index (χ1) is 13.3. The van der Waals surface area contributed by atoms with Gasteiger partial charge in [0.2, 0.25) is 0 Å². The fourth-order valence-electron chi connectivity index (χ4n) is 1.06. The van der Waals surface area contributed by atoms with Gasteiger partial charge in [0.05, 0.1) is 18.5 Å². The van der Waals surface area contributed by atoms with E-state index in [2.05, 4.69) is 145 Å². The fourth-order valence-corrected chi connectivity index (χ4v) is 1.79. The highest BCUT2D eigenvalue weighted by Gasteiger charge is 1.93. The van der Waals surface area contributed by atoms with Crippen LogP contribution in [0.3, 0.4) is 0 Å². The molecule has 0 radical (unpaired) electrons. The molecule has 9 heteroatoms. The summed E-state index contributed by atoms with van der Waals surface area (Å²) in [6, 6.07) is 14.8. The Kier molecular flexibility index (Phi) is 43.1. The summed E-state index contributed by atoms with van der Waals surface area (Å²) in [6.07, 6.45) is 0. The maximum atomic E-state index is 8.87. The van der Waals surface area contributed by atoms with E-state index in [0.29, 0.717) is 0 Å². The Morgan fingerprint density at radius 3 is 1.36 bits per heavy atom. The molecule has 0 unspecified atom stereocenters. The highest BCUT2D eigenvalue weighted by atomic mass is 127. The number of hydrogen-bond acceptors (Lipinski definition) is 2. The number of aromatic hydroxyl groups is 1. The van der Waals surface area contributed by atoms with Gasteiger partial charge in [0, 0.05) is 0 Å². The van der Waals surface area contributed by atoms with E-state index in [1.54, 1.807) is 25.3 Å². The summed E-state index contributed by atoms with van der Waals surface area (Å²) >= 11 is 18.0. The third kappa shape index (κ3) is 30.8. The highest BCUT2D eigenvalue weighted by molar-refractivity contribution is 14.3. The number of ether oxygens (including phenoxy) is 1. The highest BCUT2D eigenvalue weighted by Crippen LogP contribution is 2.22. The van der Waals surface area contributed by atoms with Crippen molar-refractivity contribution >= 4 is 145 Å². The average molecular weight is 1080 g/mol. The first-order valence-corrected chi connectivity index (χ1v) is 16.4. The molecule has 0 bridgehead atoms. The molecule has 164 valence electrons. The molecule has 0 heterocycles. The molecular weight excluding hydrogens is 1050 g/mol. The van der Waals surface area contributed by atoms with Gasteiger partial charge in [-0.15, -0.1) is 0 Å². The Hall–Kier alpha value is 2.65. The van der Waals surface area contributed by atoms with Crippen LogP contribution in [0.25, 0.3) is 0 Å². The van der Waals surface area contributed by atoms with Crippen molar-refractivity contribution in [2.45, 2.75) is 27.6 Å². The largest absolute Gasteiger partial charge is 0.507 e. The first-order valence-electron chi connectivity index (χ1n) is 8.06. The second-order valence-corrected chi connectivity index (χ2v) is 20.5. The minimum atomic E-state index is 0.285. The van der Waals surface area contributed by atoms with Gasteiger partial charge in [-0.05, 0) is 56.1 Å². The summed E-state index contributed by atoms with van der Waals surface area (Å²) in [5, 5.41) is 8.87. The van der Waals surface area contributed by atoms with Crippen molar-refractivity contribution in [2.75, 3.05) is 9.54 Å². The zero-order chi connectivity index (χ0) is 23.0. The maximum Gasteiger partial charge on any atom is 0.133 e. The Bertz CT molecular complexity index is 523. The summed E-state index contributed by atoms with van der Waals surface area (Å²) in [6.45, 7) is 8.00. The number of rotatable bonds is 1. The molecule has 0 saturated heterocycles. The number of methoxy groups -OCH3 is 1. The third-order valence-electron chi connectivity index (χ3n) is 1.91. The molecule has 0 aliphatic carbocycles. The quantitative estimate of drug-likeness (QED) is 0.228. The molecule has 0 amide bonds. The standard InChI is InChI=1S/C7H7BrO.C6H5BrO.2C2H6.CHI3.CH2I2/c1-9-7-5-3-2-4-6(7)8;7-5-3-1-2-4-6(5)8;2*1-2;2-1(3)4;2-1-3/h2-5H,1H3;1-4,8H;2*1-2H3;1H;1H2. The molecule has 0 spiro atoms. The molecule has 0 saturated carbocycles. The monoisotopic (exact) mass is 1080 g/mol. The van der Waals surface area contributed by atoms with E-state index in [1.165, 1.54) is 2.43 Å². The van der Waals surface area contributed by atoms with Crippen LogP contribution in [0, 0.1) is 0 Å². The van der Waals surface area contributed by atoms with Crippen LogP contribution in [0.1, 0.15) is 27.7 Å². The number of phenols is 1. The summed E-state index contributed by atoms with van der Waals surface area (Å²) in [5.74, 6) is 1.16. The summed E-state index contributed by atoms with van der Waals surface area (Å²) < 4.78 is 8.66. The lowest BCUT2D eigenvalue weighted by atomic mass is 10.3. The van der Waals surface area contributed by atoms with Crippen LogP contribution in [-0.4, -0.2) is 14.6 Å². The van der Waals surface area contributed by atoms with Crippen LogP contribution < -0.4 is 4.74 Å². The maximum absolute atomic E-state index is 8.87. The fraction of sp³-hybridized carbons (Fsp3) is 0.368. The van der Waals surface area contributed by atoms with Gasteiger partial charge in [-0.3, -0.25) is 0 Å². The van der Waals surface area contributed by atoms with Crippen LogP contribution in [0.4, 0.5) is 0 Å². The second-order valence-electron chi connectivity index (χ2n) is 3.43. The molecule has 2 rings (SSSR count). The van der Waals surface area contributed by atoms with Gasteiger partial charge in [-0.25, -0.2) is 0 Å². The molecule has 0 atom stereocenters. The molecule has 28 heavy (non-hydrogen) atoms. The Labute approximate surface area is 256 Å². The molecule has 0 aromatic heterocycles. The Balaban J connectivity index is -0.000000139. The van der Waals surface area contributed by atoms with E-state index in [0.717, 1.165) is 14.6 Å². The van der Waals surface area contributed by atoms with Gasteiger partial charge in [0.15, 0.2) is 0 Å². The van der Waals surface area contributed by atoms with Crippen molar-refractivity contribution in [3.05, 3.63) is 57.5 Å². The third-order valence-corrected chi connectivity index (χ3v) is 3.23. The van der Waals surface area contributed by atoms with Gasteiger partial charge in [-0.2, -0.15) is 0 Å². The Morgan fingerprint density at radius 1 is 0.821 bits per heavy atom. The van der Waals surface area contributed by atoms with Crippen LogP contribution >= 0.6 is 145 Å². The minimum Gasteiger partial charge on any atom is -0.507 e. The van der Waals surface area contributed by atoms with E-state index in [4.69, 9.17) is 9.84 Å². The number of alkyl halides is 5. The molecule has 2 nitrogen and oxygen atoms in total. The zero-order valence-corrected chi connectivity index (χ0v) is 30.4. The topological polar surface area (TPSA) is 29.5 Å². The minimum absolute atomic E-state index is 0.285. The summed E-state index contributed by atoms with van der Waals surface area (Å²) in [4.78, 5) is 0. The van der Waals surface area contributed by atoms with Gasteiger partial charge in [0.25, 0.3) is 0 Å². The zero-order valence-electron chi connectivity index (χ0n) is 16.4. The van der Waals surface area contributed by atoms with Crippen LogP contribution in [0.5, 0.6) is 11.5 Å². The van der Waals surface area contributed by atoms with E-state index >= 15 is 0 Å². The average Bonchev–Trinajstić information content (AvgIpc) is 2.68. The summed E-state index contributed by atoms with van der Waals surface area (Å²) in [7, 11) is 1.65. The van der Waals surface area contributed by atoms with E-state index < -0.39 is 0 Å². The SMILES string of the molecule is CC.CC.COc1ccccc1Br.IC(I)I.ICI.Oc1ccccc1Br. The van der Waals surface area contributed by atoms with Crippen molar-refractivity contribution < 1.29 is 9.84 Å². The number of phenolic OH excluding ortho intramolecular Hbond substituents is 1. The lowest BCUT2D eigenvalue weighted by Gasteiger charge is -1.99. The van der Waals surface area contributed by atoms with Crippen LogP contribution in [-0.2, 0) is 0 Å². The second kappa shape index (κ2) is 31.8. The predicted octanol–water partition coefficient (Wildman–Crippen LogP) is 11.1. The molecular formula is C19H27Br2I5O2.